The fourth-order valence-corrected chi connectivity index (χ4v) is 3.99. The van der Waals surface area contributed by atoms with Crippen LogP contribution < -0.4 is 0 Å². The van der Waals surface area contributed by atoms with Crippen molar-refractivity contribution in [2.45, 2.75) is 109 Å². The summed E-state index contributed by atoms with van der Waals surface area (Å²) in [4.78, 5) is 0. The highest BCUT2D eigenvalue weighted by Gasteiger charge is 2.15. The third-order valence-corrected chi connectivity index (χ3v) is 7.67. The van der Waals surface area contributed by atoms with Crippen LogP contribution in [-0.2, 0) is 0 Å². The first-order chi connectivity index (χ1) is 17.9. The van der Waals surface area contributed by atoms with Gasteiger partial charge in [-0.15, -0.1) is 0 Å². The smallest absolute Gasteiger partial charge is 0.0408 e. The van der Waals surface area contributed by atoms with Gasteiger partial charge in [-0.2, -0.15) is 0 Å². The number of aryl methyl sites for hydroxylation is 7. The maximum atomic E-state index is 5.72. The van der Waals surface area contributed by atoms with E-state index < -0.39 is 0 Å². The largest absolute Gasteiger partial charge is 0.0919 e. The highest BCUT2D eigenvalue weighted by atomic mass is 35.5. The molecule has 0 N–H and O–H groups in total. The van der Waals surface area contributed by atoms with Gasteiger partial charge in [-0.3, -0.25) is 0 Å². The van der Waals surface area contributed by atoms with Crippen molar-refractivity contribution in [1.82, 2.24) is 0 Å². The zero-order chi connectivity index (χ0) is 29.1. The molecule has 218 valence electrons. The molecule has 3 aromatic carbocycles. The fourth-order valence-electron chi connectivity index (χ4n) is 3.76. The summed E-state index contributed by atoms with van der Waals surface area (Å²) in [6, 6.07) is 20.8. The molecular formula is C38H59Cl. The predicted octanol–water partition coefficient (Wildman–Crippen LogP) is 12.9. The molecule has 39 heavy (non-hydrogen) atoms. The Hall–Kier alpha value is -2.31. The van der Waals surface area contributed by atoms with Crippen molar-refractivity contribution in [3.63, 3.8) is 0 Å². The van der Waals surface area contributed by atoms with Crippen LogP contribution in [0, 0.1) is 60.3 Å². The summed E-state index contributed by atoms with van der Waals surface area (Å²) < 4.78 is 0. The van der Waals surface area contributed by atoms with Crippen LogP contribution in [0.5, 0.6) is 0 Å². The average Bonchev–Trinajstić information content (AvgIpc) is 2.89. The summed E-state index contributed by atoms with van der Waals surface area (Å²) in [5, 5.41) is 0.818. The molecule has 1 aliphatic carbocycles. The second-order valence-corrected chi connectivity index (χ2v) is 11.2. The Labute approximate surface area is 248 Å². The monoisotopic (exact) mass is 550 g/mol. The molecule has 0 amide bonds. The second kappa shape index (κ2) is 22.5. The first kappa shape index (κ1) is 38.8. The van der Waals surface area contributed by atoms with Crippen molar-refractivity contribution in [3.05, 3.63) is 117 Å². The molecular weight excluding hydrogens is 492 g/mol. The normalized spacial score (nSPS) is 15.5. The maximum absolute atomic E-state index is 5.72. The third kappa shape index (κ3) is 18.6. The number of hydrogen-bond acceptors (Lipinski definition) is 0. The van der Waals surface area contributed by atoms with Crippen LogP contribution in [0.3, 0.4) is 0 Å². The lowest BCUT2D eigenvalue weighted by Gasteiger charge is -2.24. The van der Waals surface area contributed by atoms with Gasteiger partial charge in [0.1, 0.15) is 0 Å². The van der Waals surface area contributed by atoms with E-state index in [0.717, 1.165) is 16.9 Å². The van der Waals surface area contributed by atoms with E-state index in [1.54, 1.807) is 0 Å². The van der Waals surface area contributed by atoms with Gasteiger partial charge in [-0.25, -0.2) is 0 Å². The molecule has 0 spiro atoms. The van der Waals surface area contributed by atoms with Gasteiger partial charge >= 0.3 is 0 Å². The average molecular weight is 551 g/mol. The Balaban J connectivity index is 0. The quantitative estimate of drug-likeness (QED) is 0.244. The maximum Gasteiger partial charge on any atom is 0.0408 e. The number of benzene rings is 3. The molecule has 2 atom stereocenters. The zero-order valence-electron chi connectivity index (χ0n) is 26.3. The van der Waals surface area contributed by atoms with E-state index >= 15 is 0 Å². The topological polar surface area (TPSA) is 0 Å². The molecule has 0 bridgehead atoms. The van der Waals surface area contributed by atoms with Crippen molar-refractivity contribution >= 4 is 11.6 Å². The number of halogens is 1. The van der Waals surface area contributed by atoms with Crippen LogP contribution in [-0.4, -0.2) is 0 Å². The highest BCUT2D eigenvalue weighted by Crippen LogP contribution is 2.28. The Morgan fingerprint density at radius 2 is 0.949 bits per heavy atom. The fraction of sp³-hybridized carbons (Fsp3) is 0.474. The molecule has 0 saturated heterocycles. The van der Waals surface area contributed by atoms with Gasteiger partial charge in [-0.1, -0.05) is 125 Å². The minimum atomic E-state index is 0. The lowest BCUT2D eigenvalue weighted by molar-refractivity contribution is 0.277. The summed E-state index contributed by atoms with van der Waals surface area (Å²) in [7, 11) is 0. The van der Waals surface area contributed by atoms with E-state index in [9.17, 15) is 0 Å². The van der Waals surface area contributed by atoms with Gasteiger partial charge in [0.25, 0.3) is 0 Å². The zero-order valence-corrected chi connectivity index (χ0v) is 27.0. The Morgan fingerprint density at radius 3 is 1.23 bits per heavy atom. The van der Waals surface area contributed by atoms with E-state index in [1.807, 2.05) is 44.2 Å². The SMILES string of the molecule is C.C/C=C\C.CC1CCCCC1C.Cc1ccc(C)c(C)c1.Cc1ccc(Cl)cc1C.Cc1ccccc1C. The van der Waals surface area contributed by atoms with Crippen LogP contribution in [0.25, 0.3) is 0 Å². The lowest BCUT2D eigenvalue weighted by Crippen LogP contribution is -2.12. The minimum Gasteiger partial charge on any atom is -0.0919 e. The molecule has 0 nitrogen and oxygen atoms in total. The van der Waals surface area contributed by atoms with E-state index in [1.165, 1.54) is 64.6 Å². The molecule has 1 saturated carbocycles. The first-order valence-electron chi connectivity index (χ1n) is 14.3. The molecule has 1 heteroatoms. The molecule has 0 aromatic heterocycles. The molecule has 0 heterocycles. The van der Waals surface area contributed by atoms with Gasteiger partial charge in [0.15, 0.2) is 0 Å². The standard InChI is InChI=1S/C9H12.C8H9Cl.C8H16.C8H10.C4H8.CH4/c1-7-4-5-8(2)9(3)6-7;1-6-3-4-8(9)5-7(6)2;2*1-7-5-3-4-6-8(7)2;1-3-4-2;/h4-6H,1-3H3;3-5H,1-2H3;7-8H,3-6H2,1-2H3;3-6H,1-2H3;3-4H,1-2H3;1H4/b;;;;4-3-;. The summed E-state index contributed by atoms with van der Waals surface area (Å²) in [5.74, 6) is 2.01. The number of hydrogen-bond donors (Lipinski definition) is 0. The third-order valence-electron chi connectivity index (χ3n) is 7.43. The highest BCUT2D eigenvalue weighted by molar-refractivity contribution is 6.30. The molecule has 2 unspecified atom stereocenters. The van der Waals surface area contributed by atoms with Crippen molar-refractivity contribution in [2.75, 3.05) is 0 Å². The summed E-state index contributed by atoms with van der Waals surface area (Å²) in [6.07, 6.45) is 9.90. The second-order valence-electron chi connectivity index (χ2n) is 10.8. The number of allylic oxidation sites excluding steroid dienone is 2. The van der Waals surface area contributed by atoms with Crippen molar-refractivity contribution in [2.24, 2.45) is 11.8 Å². The number of rotatable bonds is 0. The van der Waals surface area contributed by atoms with Gasteiger partial charge < -0.3 is 0 Å². The Morgan fingerprint density at radius 1 is 0.564 bits per heavy atom. The van der Waals surface area contributed by atoms with Crippen LogP contribution in [0.4, 0.5) is 0 Å². The van der Waals surface area contributed by atoms with Crippen molar-refractivity contribution in [3.8, 4) is 0 Å². The van der Waals surface area contributed by atoms with Crippen LogP contribution in [0.2, 0.25) is 5.02 Å². The molecule has 0 aliphatic heterocycles. The summed E-state index contributed by atoms with van der Waals surface area (Å²) in [6.45, 7) is 23.5. The minimum absolute atomic E-state index is 0. The van der Waals surface area contributed by atoms with Crippen molar-refractivity contribution < 1.29 is 0 Å². The van der Waals surface area contributed by atoms with Crippen LogP contribution in [0.1, 0.15) is 99.7 Å². The van der Waals surface area contributed by atoms with Crippen LogP contribution in [0.15, 0.2) is 72.8 Å². The van der Waals surface area contributed by atoms with E-state index in [0.29, 0.717) is 0 Å². The van der Waals surface area contributed by atoms with Crippen LogP contribution >= 0.6 is 11.6 Å². The summed E-state index contributed by atoms with van der Waals surface area (Å²) in [5.41, 5.74) is 9.38. The Kier molecular flexibility index (Phi) is 22.4. The first-order valence-corrected chi connectivity index (χ1v) is 14.7. The lowest BCUT2D eigenvalue weighted by atomic mass is 9.82. The van der Waals surface area contributed by atoms with Gasteiger partial charge in [-0.05, 0) is 120 Å². The Bertz CT molecular complexity index is 976. The van der Waals surface area contributed by atoms with E-state index in [2.05, 4.69) is 105 Å². The van der Waals surface area contributed by atoms with Gasteiger partial charge in [0.05, 0.1) is 0 Å². The van der Waals surface area contributed by atoms with E-state index in [4.69, 9.17) is 11.6 Å². The molecule has 3 aromatic rings. The molecule has 4 rings (SSSR count). The predicted molar refractivity (Wildman–Crippen MR) is 182 cm³/mol. The van der Waals surface area contributed by atoms with Crippen molar-refractivity contribution in [1.29, 1.82) is 0 Å². The van der Waals surface area contributed by atoms with E-state index in [-0.39, 0.29) is 7.43 Å². The van der Waals surface area contributed by atoms with Gasteiger partial charge in [0.2, 0.25) is 0 Å². The molecule has 1 aliphatic rings. The molecule has 0 radical (unpaired) electrons. The van der Waals surface area contributed by atoms with Gasteiger partial charge in [0, 0.05) is 5.02 Å². The summed E-state index contributed by atoms with van der Waals surface area (Å²) >= 11 is 5.72. The molecule has 1 fully saturated rings.